The molecule has 0 radical (unpaired) electrons. The molecule has 1 N–H and O–H groups in total. The predicted octanol–water partition coefficient (Wildman–Crippen LogP) is 2.72. The Labute approximate surface area is 103 Å². The highest BCUT2D eigenvalue weighted by molar-refractivity contribution is 7.99. The van der Waals surface area contributed by atoms with Gasteiger partial charge in [0.1, 0.15) is 5.82 Å². The third-order valence-corrected chi connectivity index (χ3v) is 2.83. The van der Waals surface area contributed by atoms with Gasteiger partial charge in [-0.25, -0.2) is 4.39 Å². The minimum atomic E-state index is -0.230. The summed E-state index contributed by atoms with van der Waals surface area (Å²) in [7, 11) is 0. The van der Waals surface area contributed by atoms with E-state index in [9.17, 15) is 4.39 Å². The Morgan fingerprint density at radius 3 is 2.71 bits per heavy atom. The van der Waals surface area contributed by atoms with Crippen molar-refractivity contribution < 1.29 is 8.81 Å². The van der Waals surface area contributed by atoms with Crippen molar-refractivity contribution in [2.75, 3.05) is 17.6 Å². The molecule has 1 heterocycles. The van der Waals surface area contributed by atoms with Crippen LogP contribution < -0.4 is 5.32 Å². The molecule has 0 fully saturated rings. The van der Waals surface area contributed by atoms with Crippen LogP contribution in [0.5, 0.6) is 0 Å². The van der Waals surface area contributed by atoms with Crippen molar-refractivity contribution in [3.63, 3.8) is 0 Å². The van der Waals surface area contributed by atoms with Crippen molar-refractivity contribution in [3.8, 4) is 0 Å². The van der Waals surface area contributed by atoms with Gasteiger partial charge in [-0.05, 0) is 24.3 Å². The molecule has 4 nitrogen and oxygen atoms in total. The number of hydrogen-bond acceptors (Lipinski definition) is 5. The summed E-state index contributed by atoms with van der Waals surface area (Å²) >= 11 is 1.49. The van der Waals surface area contributed by atoms with E-state index in [0.717, 1.165) is 18.0 Å². The average Bonchev–Trinajstić information content (AvgIpc) is 2.73. The molecule has 0 spiro atoms. The molecule has 2 aromatic rings. The standard InChI is InChI=1S/C11H12FN3OS/c1-8-14-15-11(16-8)17-7-6-13-10-4-2-9(12)3-5-10/h2-5,13H,6-7H2,1H3. The summed E-state index contributed by atoms with van der Waals surface area (Å²) in [5, 5.41) is 11.3. The van der Waals surface area contributed by atoms with Gasteiger partial charge in [-0.1, -0.05) is 11.8 Å². The Balaban J connectivity index is 1.71. The monoisotopic (exact) mass is 253 g/mol. The second kappa shape index (κ2) is 5.67. The van der Waals surface area contributed by atoms with Gasteiger partial charge < -0.3 is 9.73 Å². The van der Waals surface area contributed by atoms with E-state index < -0.39 is 0 Å². The van der Waals surface area contributed by atoms with Crippen LogP contribution in [0, 0.1) is 12.7 Å². The molecule has 1 aromatic carbocycles. The number of anilines is 1. The maximum Gasteiger partial charge on any atom is 0.276 e. The van der Waals surface area contributed by atoms with Gasteiger partial charge in [-0.15, -0.1) is 10.2 Å². The molecule has 0 atom stereocenters. The van der Waals surface area contributed by atoms with Gasteiger partial charge >= 0.3 is 0 Å². The van der Waals surface area contributed by atoms with Gasteiger partial charge in [-0.2, -0.15) is 0 Å². The molecule has 2 rings (SSSR count). The highest BCUT2D eigenvalue weighted by Crippen LogP contribution is 2.15. The molecule has 0 aliphatic rings. The van der Waals surface area contributed by atoms with Gasteiger partial charge in [0.15, 0.2) is 0 Å². The molecule has 0 amide bonds. The van der Waals surface area contributed by atoms with Crippen LogP contribution in [0.25, 0.3) is 0 Å². The minimum absolute atomic E-state index is 0.230. The van der Waals surface area contributed by atoms with Gasteiger partial charge in [-0.3, -0.25) is 0 Å². The number of hydrogen-bond donors (Lipinski definition) is 1. The molecule has 1 aromatic heterocycles. The normalized spacial score (nSPS) is 10.5. The fourth-order valence-electron chi connectivity index (χ4n) is 1.24. The van der Waals surface area contributed by atoms with Crippen molar-refractivity contribution in [3.05, 3.63) is 36.0 Å². The molecular weight excluding hydrogens is 241 g/mol. The lowest BCUT2D eigenvalue weighted by Gasteiger charge is -2.04. The average molecular weight is 253 g/mol. The summed E-state index contributed by atoms with van der Waals surface area (Å²) < 4.78 is 17.9. The molecule has 0 aliphatic carbocycles. The lowest BCUT2D eigenvalue weighted by Crippen LogP contribution is -2.03. The van der Waals surface area contributed by atoms with Gasteiger partial charge in [0.2, 0.25) is 5.89 Å². The number of thioether (sulfide) groups is 1. The molecule has 17 heavy (non-hydrogen) atoms. The van der Waals surface area contributed by atoms with Crippen molar-refractivity contribution in [2.24, 2.45) is 0 Å². The van der Waals surface area contributed by atoms with Gasteiger partial charge in [0, 0.05) is 24.9 Å². The van der Waals surface area contributed by atoms with E-state index in [1.165, 1.54) is 23.9 Å². The van der Waals surface area contributed by atoms with E-state index in [2.05, 4.69) is 15.5 Å². The number of rotatable bonds is 5. The zero-order valence-corrected chi connectivity index (χ0v) is 10.1. The van der Waals surface area contributed by atoms with E-state index in [-0.39, 0.29) is 5.82 Å². The lowest BCUT2D eigenvalue weighted by molar-refractivity contribution is 0.429. The van der Waals surface area contributed by atoms with Crippen LogP contribution in [0.15, 0.2) is 33.9 Å². The summed E-state index contributed by atoms with van der Waals surface area (Å²) in [5.74, 6) is 1.14. The Morgan fingerprint density at radius 1 is 1.29 bits per heavy atom. The van der Waals surface area contributed by atoms with Gasteiger partial charge in [0.25, 0.3) is 5.22 Å². The SMILES string of the molecule is Cc1nnc(SCCNc2ccc(F)cc2)o1. The third-order valence-electron chi connectivity index (χ3n) is 2.01. The molecule has 0 aliphatic heterocycles. The van der Waals surface area contributed by atoms with Crippen molar-refractivity contribution in [2.45, 2.75) is 12.1 Å². The van der Waals surface area contributed by atoms with Crippen molar-refractivity contribution >= 4 is 17.4 Å². The quantitative estimate of drug-likeness (QED) is 0.656. The molecule has 0 saturated heterocycles. The second-order valence-corrected chi connectivity index (χ2v) is 4.42. The van der Waals surface area contributed by atoms with Crippen LogP contribution in [0.3, 0.4) is 0 Å². The summed E-state index contributed by atoms with van der Waals surface area (Å²) in [6.07, 6.45) is 0. The number of halogens is 1. The van der Waals surface area contributed by atoms with E-state index >= 15 is 0 Å². The molecule has 0 bridgehead atoms. The summed E-state index contributed by atoms with van der Waals surface area (Å²) in [5.41, 5.74) is 0.897. The first-order valence-corrected chi connectivity index (χ1v) is 6.15. The summed E-state index contributed by atoms with van der Waals surface area (Å²) in [4.78, 5) is 0. The lowest BCUT2D eigenvalue weighted by atomic mass is 10.3. The van der Waals surface area contributed by atoms with Crippen LogP contribution in [-0.4, -0.2) is 22.5 Å². The Morgan fingerprint density at radius 2 is 2.06 bits per heavy atom. The molecule has 0 unspecified atom stereocenters. The smallest absolute Gasteiger partial charge is 0.276 e. The topological polar surface area (TPSA) is 51.0 Å². The largest absolute Gasteiger partial charge is 0.416 e. The van der Waals surface area contributed by atoms with Crippen LogP contribution in [-0.2, 0) is 0 Å². The highest BCUT2D eigenvalue weighted by atomic mass is 32.2. The molecular formula is C11H12FN3OS. The minimum Gasteiger partial charge on any atom is -0.416 e. The first-order valence-electron chi connectivity index (χ1n) is 5.16. The fraction of sp³-hybridized carbons (Fsp3) is 0.273. The number of aryl methyl sites for hydroxylation is 1. The van der Waals surface area contributed by atoms with Crippen LogP contribution in [0.4, 0.5) is 10.1 Å². The Hall–Kier alpha value is -1.56. The predicted molar refractivity (Wildman–Crippen MR) is 64.6 cm³/mol. The Bertz CT molecular complexity index is 472. The number of benzene rings is 1. The molecule has 90 valence electrons. The number of nitrogens with zero attached hydrogens (tertiary/aromatic N) is 2. The van der Waals surface area contributed by atoms with Gasteiger partial charge in [0.05, 0.1) is 0 Å². The third kappa shape index (κ3) is 3.74. The first-order chi connectivity index (χ1) is 8.24. The zero-order chi connectivity index (χ0) is 12.1. The van der Waals surface area contributed by atoms with E-state index in [1.807, 2.05) is 0 Å². The van der Waals surface area contributed by atoms with Crippen LogP contribution in [0.2, 0.25) is 0 Å². The van der Waals surface area contributed by atoms with Crippen molar-refractivity contribution in [1.29, 1.82) is 0 Å². The maximum absolute atomic E-state index is 12.6. The first kappa shape index (κ1) is 11.9. The van der Waals surface area contributed by atoms with E-state index in [0.29, 0.717) is 11.1 Å². The second-order valence-electron chi connectivity index (χ2n) is 3.37. The zero-order valence-electron chi connectivity index (χ0n) is 9.31. The summed E-state index contributed by atoms with van der Waals surface area (Å²) in [6, 6.07) is 6.27. The van der Waals surface area contributed by atoms with Crippen LogP contribution >= 0.6 is 11.8 Å². The molecule has 6 heteroatoms. The number of nitrogens with one attached hydrogen (secondary N) is 1. The summed E-state index contributed by atoms with van der Waals surface area (Å²) in [6.45, 7) is 2.51. The molecule has 0 saturated carbocycles. The number of aromatic nitrogens is 2. The van der Waals surface area contributed by atoms with Crippen molar-refractivity contribution in [1.82, 2.24) is 10.2 Å². The van der Waals surface area contributed by atoms with E-state index in [4.69, 9.17) is 4.42 Å². The maximum atomic E-state index is 12.6. The Kier molecular flexibility index (Phi) is 3.98. The highest BCUT2D eigenvalue weighted by Gasteiger charge is 2.01. The fourth-order valence-corrected chi connectivity index (χ4v) is 1.90. The van der Waals surface area contributed by atoms with E-state index in [1.54, 1.807) is 19.1 Å². The van der Waals surface area contributed by atoms with Crippen LogP contribution in [0.1, 0.15) is 5.89 Å².